The second kappa shape index (κ2) is 6.11. The molecule has 88 valence electrons. The van der Waals surface area contributed by atoms with Crippen molar-refractivity contribution in [1.82, 2.24) is 5.09 Å². The van der Waals surface area contributed by atoms with Gasteiger partial charge in [-0.15, -0.1) is 0 Å². The molecule has 0 fully saturated rings. The molecule has 0 aliphatic rings. The fourth-order valence-electron chi connectivity index (χ4n) is 1.17. The third-order valence-corrected chi connectivity index (χ3v) is 4.61. The monoisotopic (exact) mass is 257 g/mol. The van der Waals surface area contributed by atoms with Crippen molar-refractivity contribution in [3.05, 3.63) is 30.3 Å². The third kappa shape index (κ3) is 4.41. The Morgan fingerprint density at radius 3 is 2.56 bits per heavy atom. The maximum atomic E-state index is 12.0. The first kappa shape index (κ1) is 13.3. The lowest BCUT2D eigenvalue weighted by Crippen LogP contribution is -2.29. The Morgan fingerprint density at radius 2 is 2.00 bits per heavy atom. The molecule has 0 aliphatic heterocycles. The summed E-state index contributed by atoms with van der Waals surface area (Å²) in [5.41, 5.74) is 0. The Hall–Kier alpha value is -0.740. The summed E-state index contributed by atoms with van der Waals surface area (Å²) in [6.07, 6.45) is -2.69. The zero-order chi connectivity index (χ0) is 12.0. The van der Waals surface area contributed by atoms with Gasteiger partial charge in [-0.3, -0.25) is 5.09 Å². The summed E-state index contributed by atoms with van der Waals surface area (Å²) in [6.45, 7) is 0.309. The predicted octanol–water partition coefficient (Wildman–Crippen LogP) is -0.899. The van der Waals surface area contributed by atoms with E-state index in [4.69, 9.17) is 11.8 Å². The quantitative estimate of drug-likeness (QED) is 0.528. The van der Waals surface area contributed by atoms with Gasteiger partial charge in [0.1, 0.15) is 0 Å². The smallest absolute Gasteiger partial charge is 0.0414 e. The molecule has 4 nitrogen and oxygen atoms in total. The first-order valence-electron chi connectivity index (χ1n) is 4.84. The molecule has 1 atom stereocenters. The number of hydrogen-bond donors (Lipinski definition) is 1. The van der Waals surface area contributed by atoms with Gasteiger partial charge in [-0.2, -0.15) is 0 Å². The van der Waals surface area contributed by atoms with Gasteiger partial charge in [-0.05, 0) is 31.1 Å². The van der Waals surface area contributed by atoms with Crippen molar-refractivity contribution >= 4 is 29.5 Å². The normalized spacial score (nSPS) is 14.3. The first-order chi connectivity index (χ1) is 7.52. The van der Waals surface area contributed by atoms with Crippen LogP contribution < -0.4 is 20.4 Å². The number of nitrogens with one attached hydrogen (secondary N) is 1. The summed E-state index contributed by atoms with van der Waals surface area (Å²) in [5.74, 6) is -1.11. The molecule has 0 aromatic heterocycles. The SMILES string of the molecule is O=C([O-])CCCNP([O-])(=S)c1ccccc1. The van der Waals surface area contributed by atoms with Gasteiger partial charge >= 0.3 is 0 Å². The summed E-state index contributed by atoms with van der Waals surface area (Å²) in [4.78, 5) is 22.2. The van der Waals surface area contributed by atoms with E-state index in [0.29, 0.717) is 18.3 Å². The van der Waals surface area contributed by atoms with Gasteiger partial charge in [0.25, 0.3) is 0 Å². The van der Waals surface area contributed by atoms with Crippen molar-refractivity contribution in [3.8, 4) is 0 Å². The fourth-order valence-corrected chi connectivity index (χ4v) is 3.01. The van der Waals surface area contributed by atoms with Gasteiger partial charge in [0.15, 0.2) is 0 Å². The number of rotatable bonds is 6. The van der Waals surface area contributed by atoms with E-state index < -0.39 is 12.4 Å². The lowest BCUT2D eigenvalue weighted by atomic mass is 10.3. The molecule has 1 rings (SSSR count). The molecule has 0 bridgehead atoms. The van der Waals surface area contributed by atoms with E-state index >= 15 is 0 Å². The van der Waals surface area contributed by atoms with E-state index in [1.54, 1.807) is 24.3 Å². The number of carboxylic acids is 1. The van der Waals surface area contributed by atoms with Crippen molar-refractivity contribution in [1.29, 1.82) is 0 Å². The minimum absolute atomic E-state index is 0.0584. The van der Waals surface area contributed by atoms with Gasteiger partial charge in [-0.25, -0.2) is 0 Å². The topological polar surface area (TPSA) is 75.2 Å². The molecule has 1 unspecified atom stereocenters. The fraction of sp³-hybridized carbons (Fsp3) is 0.300. The van der Waals surface area contributed by atoms with E-state index in [-0.39, 0.29) is 6.42 Å². The van der Waals surface area contributed by atoms with Crippen LogP contribution in [0.3, 0.4) is 0 Å². The van der Waals surface area contributed by atoms with Crippen molar-refractivity contribution in [2.75, 3.05) is 6.54 Å². The van der Waals surface area contributed by atoms with Gasteiger partial charge in [0, 0.05) is 5.97 Å². The summed E-state index contributed by atoms with van der Waals surface area (Å²) in [5, 5.41) is 13.4. The average molecular weight is 257 g/mol. The number of benzene rings is 1. The van der Waals surface area contributed by atoms with Crippen LogP contribution in [0.15, 0.2) is 30.3 Å². The minimum Gasteiger partial charge on any atom is -0.807 e. The molecule has 1 aromatic carbocycles. The van der Waals surface area contributed by atoms with E-state index in [1.165, 1.54) is 0 Å². The van der Waals surface area contributed by atoms with Crippen LogP contribution in [-0.4, -0.2) is 12.5 Å². The molecule has 0 spiro atoms. The lowest BCUT2D eigenvalue weighted by molar-refractivity contribution is -0.305. The Morgan fingerprint density at radius 1 is 1.38 bits per heavy atom. The molecule has 0 amide bonds. The number of carboxylic acid groups (broad SMARTS) is 1. The van der Waals surface area contributed by atoms with Crippen LogP contribution in [0.4, 0.5) is 0 Å². The number of aliphatic carboxylic acids is 1. The van der Waals surface area contributed by atoms with Crippen LogP contribution in [0.1, 0.15) is 12.8 Å². The van der Waals surface area contributed by atoms with Crippen molar-refractivity contribution in [2.45, 2.75) is 12.8 Å². The van der Waals surface area contributed by atoms with Crippen LogP contribution in [0.25, 0.3) is 0 Å². The second-order valence-electron chi connectivity index (χ2n) is 3.27. The van der Waals surface area contributed by atoms with Gasteiger partial charge in [-0.1, -0.05) is 42.1 Å². The predicted molar refractivity (Wildman–Crippen MR) is 62.6 cm³/mol. The zero-order valence-corrected chi connectivity index (χ0v) is 10.3. The van der Waals surface area contributed by atoms with Crippen molar-refractivity contribution < 1.29 is 14.8 Å². The summed E-state index contributed by atoms with van der Waals surface area (Å²) >= 11 is 4.97. The van der Waals surface area contributed by atoms with Gasteiger partial charge in [0.05, 0.1) is 0 Å². The molecule has 1 aromatic rings. The largest absolute Gasteiger partial charge is 0.807 e. The maximum absolute atomic E-state index is 12.0. The highest BCUT2D eigenvalue weighted by molar-refractivity contribution is 8.13. The number of carbonyl (C=O) groups is 1. The van der Waals surface area contributed by atoms with Crippen LogP contribution in [0, 0.1) is 0 Å². The highest BCUT2D eigenvalue weighted by Crippen LogP contribution is 2.28. The molecule has 0 saturated carbocycles. The molecule has 0 saturated heterocycles. The first-order valence-corrected chi connectivity index (χ1v) is 7.56. The molecule has 0 heterocycles. The van der Waals surface area contributed by atoms with E-state index in [9.17, 15) is 14.8 Å². The van der Waals surface area contributed by atoms with Crippen molar-refractivity contribution in [2.24, 2.45) is 0 Å². The number of carbonyl (C=O) groups excluding carboxylic acids is 1. The third-order valence-electron chi connectivity index (χ3n) is 1.97. The van der Waals surface area contributed by atoms with Gasteiger partial charge in [0.2, 0.25) is 0 Å². The van der Waals surface area contributed by atoms with E-state index in [0.717, 1.165) is 0 Å². The zero-order valence-electron chi connectivity index (χ0n) is 8.59. The molecule has 16 heavy (non-hydrogen) atoms. The van der Waals surface area contributed by atoms with Crippen LogP contribution >= 0.6 is 6.42 Å². The Labute approximate surface area is 99.5 Å². The Kier molecular flexibility index (Phi) is 5.09. The van der Waals surface area contributed by atoms with Crippen LogP contribution in [0.5, 0.6) is 0 Å². The summed E-state index contributed by atoms with van der Waals surface area (Å²) in [6, 6.07) is 8.72. The molecule has 1 N–H and O–H groups in total. The highest BCUT2D eigenvalue weighted by Gasteiger charge is 2.03. The highest BCUT2D eigenvalue weighted by atomic mass is 32.4. The minimum atomic E-state index is -2.98. The van der Waals surface area contributed by atoms with Crippen LogP contribution in [0.2, 0.25) is 0 Å². The lowest BCUT2D eigenvalue weighted by Gasteiger charge is -2.29. The molecular formula is C10H12NO3PS-2. The van der Waals surface area contributed by atoms with E-state index in [2.05, 4.69) is 5.09 Å². The average Bonchev–Trinajstić information content (AvgIpc) is 2.26. The Bertz CT molecular complexity index is 396. The van der Waals surface area contributed by atoms with E-state index in [1.807, 2.05) is 6.07 Å². The Balaban J connectivity index is 2.47. The second-order valence-corrected chi connectivity index (χ2v) is 6.75. The van der Waals surface area contributed by atoms with Crippen molar-refractivity contribution in [3.63, 3.8) is 0 Å². The molecule has 0 aliphatic carbocycles. The molecule has 6 heteroatoms. The maximum Gasteiger partial charge on any atom is 0.0414 e. The van der Waals surface area contributed by atoms with Crippen LogP contribution in [-0.2, 0) is 16.6 Å². The van der Waals surface area contributed by atoms with Gasteiger partial charge < -0.3 is 14.8 Å². The molecule has 0 radical (unpaired) electrons. The summed E-state index contributed by atoms with van der Waals surface area (Å²) in [7, 11) is 0. The molecular weight excluding hydrogens is 245 g/mol. The number of hydrogen-bond acceptors (Lipinski definition) is 4. The standard InChI is InChI=1S/C10H14NO3PS/c12-10(13)7-4-8-11-15(14,16)9-5-2-1-3-6-9/h1-3,5-6H,4,7-8H2,(H,12,13)(H2,11,14,16)/p-2. The summed E-state index contributed by atoms with van der Waals surface area (Å²) < 4.78 is 0.